The molecule has 5 atom stereocenters. The van der Waals surface area contributed by atoms with Crippen molar-refractivity contribution in [2.24, 2.45) is 5.92 Å². The molecule has 0 amide bonds. The third-order valence-electron chi connectivity index (χ3n) is 6.01. The lowest BCUT2D eigenvalue weighted by Crippen LogP contribution is -2.49. The lowest BCUT2D eigenvalue weighted by atomic mass is 9.93. The van der Waals surface area contributed by atoms with E-state index in [0.717, 1.165) is 12.1 Å². The molecule has 1 saturated carbocycles. The highest BCUT2D eigenvalue weighted by molar-refractivity contribution is 5.31. The Morgan fingerprint density at radius 3 is 2.43 bits per heavy atom. The normalized spacial score (nSPS) is 29.7. The summed E-state index contributed by atoms with van der Waals surface area (Å²) in [5.74, 6) is -4.42. The van der Waals surface area contributed by atoms with Gasteiger partial charge in [0.25, 0.3) is 0 Å². The molecule has 2 aromatic rings. The molecule has 1 aliphatic heterocycles. The average molecular weight is 425 g/mol. The second-order valence-electron chi connectivity index (χ2n) is 8.00. The molecule has 30 heavy (non-hydrogen) atoms. The number of fused-ring (bicyclic) bond motifs is 1. The molecule has 1 aliphatic carbocycles. The Bertz CT molecular complexity index is 922. The summed E-state index contributed by atoms with van der Waals surface area (Å²) in [5.41, 5.74) is -1.56. The van der Waals surface area contributed by atoms with E-state index in [1.54, 1.807) is 11.0 Å². The standard InChI is InChI=1S/C21H22F3NO5/c22-13-3-1-2-4-17(13)30-18-7-12-8-25(10-21(12,29)20(18)28)9-16(26)11-5-14(23)19(27)15(24)6-11/h1-6,12,16,18,20,26-29H,7-10H2/t12-,16?,18+,20+,21-/m0/s1. The molecule has 4 rings (SSSR count). The maximum Gasteiger partial charge on any atom is 0.187 e. The van der Waals surface area contributed by atoms with Crippen LogP contribution >= 0.6 is 0 Å². The molecule has 162 valence electrons. The van der Waals surface area contributed by atoms with E-state index in [9.17, 15) is 33.6 Å². The smallest absolute Gasteiger partial charge is 0.187 e. The van der Waals surface area contributed by atoms with Gasteiger partial charge in [0.15, 0.2) is 29.0 Å². The van der Waals surface area contributed by atoms with Gasteiger partial charge in [0.1, 0.15) is 17.8 Å². The first-order valence-electron chi connectivity index (χ1n) is 9.59. The van der Waals surface area contributed by atoms with Crippen LogP contribution in [0.25, 0.3) is 0 Å². The molecule has 0 aromatic heterocycles. The summed E-state index contributed by atoms with van der Waals surface area (Å²) in [6.07, 6.45) is -3.04. The number of ether oxygens (including phenoxy) is 1. The average Bonchev–Trinajstić information content (AvgIpc) is 3.12. The van der Waals surface area contributed by atoms with Crippen LogP contribution in [-0.4, -0.2) is 62.8 Å². The Hall–Kier alpha value is -2.33. The number of halogens is 3. The lowest BCUT2D eigenvalue weighted by molar-refractivity contribution is -0.0879. The highest BCUT2D eigenvalue weighted by Crippen LogP contribution is 2.44. The molecule has 4 N–H and O–H groups in total. The summed E-state index contributed by atoms with van der Waals surface area (Å²) >= 11 is 0. The molecule has 6 nitrogen and oxygen atoms in total. The molecular weight excluding hydrogens is 403 g/mol. The number of nitrogens with zero attached hydrogens (tertiary/aromatic N) is 1. The van der Waals surface area contributed by atoms with Crippen LogP contribution in [0.3, 0.4) is 0 Å². The Kier molecular flexibility index (Phi) is 5.39. The van der Waals surface area contributed by atoms with Crippen molar-refractivity contribution in [3.63, 3.8) is 0 Å². The fraction of sp³-hybridized carbons (Fsp3) is 0.429. The van der Waals surface area contributed by atoms with Gasteiger partial charge in [0.05, 0.1) is 6.10 Å². The molecule has 2 aromatic carbocycles. The largest absolute Gasteiger partial charge is 0.503 e. The van der Waals surface area contributed by atoms with Gasteiger partial charge in [0.2, 0.25) is 0 Å². The van der Waals surface area contributed by atoms with Crippen LogP contribution in [0.4, 0.5) is 13.2 Å². The minimum Gasteiger partial charge on any atom is -0.503 e. The van der Waals surface area contributed by atoms with Gasteiger partial charge in [-0.15, -0.1) is 0 Å². The minimum absolute atomic E-state index is 0.00575. The lowest BCUT2D eigenvalue weighted by Gasteiger charge is -2.29. The molecule has 9 heteroatoms. The van der Waals surface area contributed by atoms with Gasteiger partial charge in [-0.05, 0) is 36.2 Å². The van der Waals surface area contributed by atoms with Crippen LogP contribution in [-0.2, 0) is 0 Å². The van der Waals surface area contributed by atoms with Crippen molar-refractivity contribution in [1.82, 2.24) is 4.90 Å². The Morgan fingerprint density at radius 1 is 1.13 bits per heavy atom. The number of hydrogen-bond acceptors (Lipinski definition) is 6. The van der Waals surface area contributed by atoms with Crippen LogP contribution in [0.15, 0.2) is 36.4 Å². The van der Waals surface area contributed by atoms with Crippen molar-refractivity contribution in [1.29, 1.82) is 0 Å². The van der Waals surface area contributed by atoms with E-state index in [1.165, 1.54) is 18.2 Å². The molecule has 1 heterocycles. The zero-order chi connectivity index (χ0) is 21.6. The summed E-state index contributed by atoms with van der Waals surface area (Å²) < 4.78 is 46.5. The zero-order valence-corrected chi connectivity index (χ0v) is 15.9. The number of likely N-dealkylation sites (tertiary alicyclic amines) is 1. The van der Waals surface area contributed by atoms with E-state index in [2.05, 4.69) is 0 Å². The maximum atomic E-state index is 13.8. The second kappa shape index (κ2) is 7.73. The molecule has 0 spiro atoms. The summed E-state index contributed by atoms with van der Waals surface area (Å²) in [4.78, 5) is 1.68. The number of para-hydroxylation sites is 1. The van der Waals surface area contributed by atoms with Gasteiger partial charge >= 0.3 is 0 Å². The summed E-state index contributed by atoms with van der Waals surface area (Å²) in [5, 5.41) is 41.1. The molecule has 0 radical (unpaired) electrons. The fourth-order valence-corrected chi connectivity index (χ4v) is 4.45. The van der Waals surface area contributed by atoms with Crippen molar-refractivity contribution in [3.8, 4) is 11.5 Å². The first-order valence-corrected chi connectivity index (χ1v) is 9.59. The zero-order valence-electron chi connectivity index (χ0n) is 15.9. The molecule has 1 unspecified atom stereocenters. The van der Waals surface area contributed by atoms with Gasteiger partial charge in [-0.1, -0.05) is 12.1 Å². The van der Waals surface area contributed by atoms with Crippen LogP contribution in [0.5, 0.6) is 11.5 Å². The van der Waals surface area contributed by atoms with E-state index < -0.39 is 47.1 Å². The quantitative estimate of drug-likeness (QED) is 0.583. The molecule has 0 bridgehead atoms. The third-order valence-corrected chi connectivity index (χ3v) is 6.01. The topological polar surface area (TPSA) is 93.4 Å². The summed E-state index contributed by atoms with van der Waals surface area (Å²) in [6.45, 7) is 0.287. The van der Waals surface area contributed by atoms with Crippen molar-refractivity contribution >= 4 is 0 Å². The highest BCUT2D eigenvalue weighted by Gasteiger charge is 2.59. The number of benzene rings is 2. The van der Waals surface area contributed by atoms with E-state index in [4.69, 9.17) is 4.74 Å². The van der Waals surface area contributed by atoms with Gasteiger partial charge in [0, 0.05) is 25.6 Å². The fourth-order valence-electron chi connectivity index (χ4n) is 4.45. The van der Waals surface area contributed by atoms with E-state index in [0.29, 0.717) is 6.54 Å². The number of aromatic hydroxyl groups is 1. The first-order chi connectivity index (χ1) is 14.2. The van der Waals surface area contributed by atoms with Crippen LogP contribution in [0, 0.1) is 23.4 Å². The Balaban J connectivity index is 1.41. The van der Waals surface area contributed by atoms with E-state index in [-0.39, 0.29) is 36.7 Å². The summed E-state index contributed by atoms with van der Waals surface area (Å²) in [7, 11) is 0. The molecule has 1 saturated heterocycles. The predicted molar refractivity (Wildman–Crippen MR) is 99.3 cm³/mol. The van der Waals surface area contributed by atoms with Crippen LogP contribution in [0.2, 0.25) is 0 Å². The van der Waals surface area contributed by atoms with Crippen molar-refractivity contribution in [2.75, 3.05) is 19.6 Å². The third kappa shape index (κ3) is 3.62. The SMILES string of the molecule is Oc1c(F)cc(C(O)CN2C[C@@H]3C[C@@H](Oc4ccccc4F)[C@@H](O)[C@]3(O)C2)cc1F. The number of aliphatic hydroxyl groups is 3. The van der Waals surface area contributed by atoms with Gasteiger partial charge in [-0.25, -0.2) is 13.2 Å². The van der Waals surface area contributed by atoms with E-state index >= 15 is 0 Å². The van der Waals surface area contributed by atoms with Crippen molar-refractivity contribution in [2.45, 2.75) is 30.3 Å². The highest BCUT2D eigenvalue weighted by atomic mass is 19.1. The predicted octanol–water partition coefficient (Wildman–Crippen LogP) is 1.72. The first kappa shape index (κ1) is 20.9. The number of β-amino-alcohol motifs (C(OH)–C–C–N with tert-alkyl or cyclic N) is 2. The number of aliphatic hydroxyl groups excluding tert-OH is 2. The Labute approximate surface area is 170 Å². The number of hydrogen-bond donors (Lipinski definition) is 4. The second-order valence-corrected chi connectivity index (χ2v) is 8.00. The Morgan fingerprint density at radius 2 is 1.80 bits per heavy atom. The van der Waals surface area contributed by atoms with Gasteiger partial charge in [-0.3, -0.25) is 4.90 Å². The minimum atomic E-state index is -1.51. The summed E-state index contributed by atoms with van der Waals surface area (Å²) in [6, 6.07) is 7.50. The molecular formula is C21H22F3NO5. The number of rotatable bonds is 5. The monoisotopic (exact) mass is 425 g/mol. The van der Waals surface area contributed by atoms with Gasteiger partial charge < -0.3 is 25.2 Å². The van der Waals surface area contributed by atoms with Crippen LogP contribution in [0.1, 0.15) is 18.1 Å². The van der Waals surface area contributed by atoms with E-state index in [1.807, 2.05) is 0 Å². The maximum absolute atomic E-state index is 13.8. The van der Waals surface area contributed by atoms with Crippen molar-refractivity contribution < 1.29 is 38.3 Å². The number of phenols is 1. The molecule has 2 fully saturated rings. The van der Waals surface area contributed by atoms with Crippen molar-refractivity contribution in [3.05, 3.63) is 59.4 Å². The molecule has 2 aliphatic rings. The van der Waals surface area contributed by atoms with Gasteiger partial charge in [-0.2, -0.15) is 0 Å². The van der Waals surface area contributed by atoms with Crippen LogP contribution < -0.4 is 4.74 Å². The number of phenolic OH excluding ortho intramolecular Hbond substituents is 1.